The van der Waals surface area contributed by atoms with E-state index in [0.29, 0.717) is 13.0 Å². The van der Waals surface area contributed by atoms with E-state index in [9.17, 15) is 4.79 Å². The summed E-state index contributed by atoms with van der Waals surface area (Å²) in [5.74, 6) is -0.0723. The van der Waals surface area contributed by atoms with Crippen molar-refractivity contribution in [1.29, 1.82) is 0 Å². The van der Waals surface area contributed by atoms with Gasteiger partial charge in [0.2, 0.25) is 0 Å². The molecule has 0 saturated heterocycles. The smallest absolute Gasteiger partial charge is 0.305 e. The topological polar surface area (TPSA) is 26.3 Å². The average Bonchev–Trinajstić information content (AvgIpc) is 2.22. The Kier molecular flexibility index (Phi) is 10.7. The molecule has 0 aromatic heterocycles. The molecule has 0 rings (SSSR count). The maximum absolute atomic E-state index is 11.0. The SMILES string of the molecule is CCCCCC=CCCCC(=O)OCC. The summed E-state index contributed by atoms with van der Waals surface area (Å²) in [6, 6.07) is 0. The van der Waals surface area contributed by atoms with Crippen molar-refractivity contribution in [2.45, 2.75) is 58.8 Å². The van der Waals surface area contributed by atoms with Crippen LogP contribution < -0.4 is 0 Å². The van der Waals surface area contributed by atoms with Crippen molar-refractivity contribution in [2.75, 3.05) is 6.61 Å². The van der Waals surface area contributed by atoms with E-state index in [2.05, 4.69) is 19.1 Å². The Morgan fingerprint density at radius 1 is 1.07 bits per heavy atom. The molecule has 0 aliphatic heterocycles. The van der Waals surface area contributed by atoms with E-state index in [1.807, 2.05) is 6.92 Å². The summed E-state index contributed by atoms with van der Waals surface area (Å²) < 4.78 is 4.84. The van der Waals surface area contributed by atoms with Gasteiger partial charge in [0.1, 0.15) is 0 Å². The number of carbonyl (C=O) groups is 1. The molecule has 0 aromatic rings. The number of allylic oxidation sites excluding steroid dienone is 2. The van der Waals surface area contributed by atoms with Gasteiger partial charge in [-0.1, -0.05) is 31.9 Å². The molecular formula is C13H24O2. The third kappa shape index (κ3) is 11.1. The molecule has 0 amide bonds. The normalized spacial score (nSPS) is 10.8. The highest BCUT2D eigenvalue weighted by molar-refractivity contribution is 5.69. The summed E-state index contributed by atoms with van der Waals surface area (Å²) in [4.78, 5) is 11.0. The van der Waals surface area contributed by atoms with Crippen LogP contribution in [-0.2, 0) is 9.53 Å². The molecule has 88 valence electrons. The first-order valence-electron chi connectivity index (χ1n) is 6.11. The third-order valence-electron chi connectivity index (χ3n) is 2.20. The van der Waals surface area contributed by atoms with Gasteiger partial charge < -0.3 is 4.74 Å². The fourth-order valence-corrected chi connectivity index (χ4v) is 1.35. The van der Waals surface area contributed by atoms with Gasteiger partial charge in [-0.25, -0.2) is 0 Å². The Morgan fingerprint density at radius 2 is 1.73 bits per heavy atom. The largest absolute Gasteiger partial charge is 0.466 e. The maximum atomic E-state index is 11.0. The second kappa shape index (κ2) is 11.3. The van der Waals surface area contributed by atoms with Crippen molar-refractivity contribution in [2.24, 2.45) is 0 Å². The minimum absolute atomic E-state index is 0.0723. The van der Waals surface area contributed by atoms with Crippen LogP contribution in [0.25, 0.3) is 0 Å². The highest BCUT2D eigenvalue weighted by Crippen LogP contribution is 2.03. The lowest BCUT2D eigenvalue weighted by Crippen LogP contribution is -2.02. The van der Waals surface area contributed by atoms with Crippen LogP contribution in [0.3, 0.4) is 0 Å². The average molecular weight is 212 g/mol. The van der Waals surface area contributed by atoms with Gasteiger partial charge in [0.05, 0.1) is 6.61 Å². The molecule has 15 heavy (non-hydrogen) atoms. The number of carbonyl (C=O) groups excluding carboxylic acids is 1. The zero-order valence-corrected chi connectivity index (χ0v) is 10.1. The summed E-state index contributed by atoms with van der Waals surface area (Å²) in [6.45, 7) is 4.54. The Bertz CT molecular complexity index is 173. The van der Waals surface area contributed by atoms with E-state index in [1.165, 1.54) is 25.7 Å². The lowest BCUT2D eigenvalue weighted by atomic mass is 10.1. The Hall–Kier alpha value is -0.790. The number of rotatable bonds is 9. The van der Waals surface area contributed by atoms with Crippen LogP contribution in [0.1, 0.15) is 58.8 Å². The molecule has 0 N–H and O–H groups in total. The molecule has 0 unspecified atom stereocenters. The number of hydrogen-bond donors (Lipinski definition) is 0. The minimum Gasteiger partial charge on any atom is -0.466 e. The van der Waals surface area contributed by atoms with Crippen molar-refractivity contribution >= 4 is 5.97 Å². The van der Waals surface area contributed by atoms with Crippen LogP contribution in [0.4, 0.5) is 0 Å². The van der Waals surface area contributed by atoms with Gasteiger partial charge in [0.25, 0.3) is 0 Å². The highest BCUT2D eigenvalue weighted by Gasteiger charge is 1.98. The molecule has 2 nitrogen and oxygen atoms in total. The zero-order valence-electron chi connectivity index (χ0n) is 10.1. The van der Waals surface area contributed by atoms with Crippen LogP contribution >= 0.6 is 0 Å². The van der Waals surface area contributed by atoms with Crippen LogP contribution in [-0.4, -0.2) is 12.6 Å². The van der Waals surface area contributed by atoms with Crippen LogP contribution in [0.2, 0.25) is 0 Å². The van der Waals surface area contributed by atoms with E-state index in [-0.39, 0.29) is 5.97 Å². The van der Waals surface area contributed by atoms with Gasteiger partial charge in [-0.2, -0.15) is 0 Å². The first kappa shape index (κ1) is 14.2. The molecule has 0 spiro atoms. The van der Waals surface area contributed by atoms with Gasteiger partial charge in [-0.05, 0) is 32.6 Å². The summed E-state index contributed by atoms with van der Waals surface area (Å²) in [6.07, 6.45) is 11.9. The van der Waals surface area contributed by atoms with Crippen molar-refractivity contribution in [3.05, 3.63) is 12.2 Å². The molecule has 0 aromatic carbocycles. The number of unbranched alkanes of at least 4 members (excludes halogenated alkanes) is 4. The second-order valence-corrected chi connectivity index (χ2v) is 3.66. The Labute approximate surface area is 93.7 Å². The van der Waals surface area contributed by atoms with Crippen LogP contribution in [0.5, 0.6) is 0 Å². The van der Waals surface area contributed by atoms with Crippen molar-refractivity contribution in [1.82, 2.24) is 0 Å². The van der Waals surface area contributed by atoms with Crippen molar-refractivity contribution in [3.63, 3.8) is 0 Å². The summed E-state index contributed by atoms with van der Waals surface area (Å²) in [5, 5.41) is 0. The Morgan fingerprint density at radius 3 is 2.33 bits per heavy atom. The van der Waals surface area contributed by atoms with E-state index in [4.69, 9.17) is 4.74 Å². The van der Waals surface area contributed by atoms with Gasteiger partial charge in [-0.15, -0.1) is 0 Å². The lowest BCUT2D eigenvalue weighted by Gasteiger charge is -1.99. The predicted octanol–water partition coefficient (Wildman–Crippen LogP) is 3.86. The van der Waals surface area contributed by atoms with Crippen LogP contribution in [0, 0.1) is 0 Å². The Balaban J connectivity index is 3.19. The number of hydrogen-bond acceptors (Lipinski definition) is 2. The third-order valence-corrected chi connectivity index (χ3v) is 2.20. The standard InChI is InChI=1S/C13H24O2/c1-3-5-6-7-8-9-10-11-12-13(14)15-4-2/h8-9H,3-7,10-12H2,1-2H3. The van der Waals surface area contributed by atoms with Crippen LogP contribution in [0.15, 0.2) is 12.2 Å². The van der Waals surface area contributed by atoms with E-state index in [1.54, 1.807) is 0 Å². The fraction of sp³-hybridized carbons (Fsp3) is 0.769. The molecule has 0 fully saturated rings. The van der Waals surface area contributed by atoms with Gasteiger partial charge in [0.15, 0.2) is 0 Å². The van der Waals surface area contributed by atoms with Crippen molar-refractivity contribution < 1.29 is 9.53 Å². The molecule has 0 aliphatic carbocycles. The molecule has 0 bridgehead atoms. The minimum atomic E-state index is -0.0723. The number of esters is 1. The second-order valence-electron chi connectivity index (χ2n) is 3.66. The predicted molar refractivity (Wildman–Crippen MR) is 63.8 cm³/mol. The molecule has 0 aliphatic rings. The van der Waals surface area contributed by atoms with E-state index in [0.717, 1.165) is 12.8 Å². The van der Waals surface area contributed by atoms with Gasteiger partial charge in [0, 0.05) is 6.42 Å². The first-order chi connectivity index (χ1) is 7.31. The monoisotopic (exact) mass is 212 g/mol. The highest BCUT2D eigenvalue weighted by atomic mass is 16.5. The summed E-state index contributed by atoms with van der Waals surface area (Å²) in [7, 11) is 0. The van der Waals surface area contributed by atoms with E-state index >= 15 is 0 Å². The molecule has 2 heteroatoms. The van der Waals surface area contributed by atoms with Gasteiger partial charge in [-0.3, -0.25) is 4.79 Å². The molecule has 0 heterocycles. The number of ether oxygens (including phenoxy) is 1. The molecular weight excluding hydrogens is 188 g/mol. The van der Waals surface area contributed by atoms with E-state index < -0.39 is 0 Å². The molecule has 0 atom stereocenters. The maximum Gasteiger partial charge on any atom is 0.305 e. The molecule has 0 saturated carbocycles. The zero-order chi connectivity index (χ0) is 11.4. The summed E-state index contributed by atoms with van der Waals surface area (Å²) in [5.41, 5.74) is 0. The lowest BCUT2D eigenvalue weighted by molar-refractivity contribution is -0.143. The van der Waals surface area contributed by atoms with Gasteiger partial charge >= 0.3 is 5.97 Å². The fourth-order valence-electron chi connectivity index (χ4n) is 1.35. The quantitative estimate of drug-likeness (QED) is 0.329. The first-order valence-corrected chi connectivity index (χ1v) is 6.11. The van der Waals surface area contributed by atoms with Crippen molar-refractivity contribution in [3.8, 4) is 0 Å². The summed E-state index contributed by atoms with van der Waals surface area (Å²) >= 11 is 0. The molecule has 0 radical (unpaired) electrons.